The molecule has 182 valence electrons. The molecule has 2 aliphatic carbocycles. The van der Waals surface area contributed by atoms with Crippen LogP contribution >= 0.6 is 0 Å². The summed E-state index contributed by atoms with van der Waals surface area (Å²) in [7, 11) is 0. The number of carboxylic acid groups (broad SMARTS) is 1. The fourth-order valence-corrected chi connectivity index (χ4v) is 5.78. The summed E-state index contributed by atoms with van der Waals surface area (Å²) >= 11 is 0. The van der Waals surface area contributed by atoms with Crippen molar-refractivity contribution in [3.63, 3.8) is 0 Å². The Bertz CT molecular complexity index is 1190. The van der Waals surface area contributed by atoms with Crippen molar-refractivity contribution in [3.8, 4) is 11.3 Å². The summed E-state index contributed by atoms with van der Waals surface area (Å²) in [4.78, 5) is 16.0. The zero-order valence-electron chi connectivity index (χ0n) is 19.7. The molecule has 2 N–H and O–H groups in total. The Labute approximate surface area is 204 Å². The summed E-state index contributed by atoms with van der Waals surface area (Å²) in [6.07, 6.45) is 9.98. The van der Waals surface area contributed by atoms with Crippen molar-refractivity contribution in [2.75, 3.05) is 11.9 Å². The maximum absolute atomic E-state index is 11.3. The van der Waals surface area contributed by atoms with Gasteiger partial charge in [-0.05, 0) is 62.6 Å². The zero-order chi connectivity index (χ0) is 23.9. The summed E-state index contributed by atoms with van der Waals surface area (Å²) < 4.78 is 12.0. The molecule has 7 rings (SSSR count). The summed E-state index contributed by atoms with van der Waals surface area (Å²) in [6.45, 7) is 0.594. The highest BCUT2D eigenvalue weighted by Gasteiger charge is 2.48. The Morgan fingerprint density at radius 2 is 1.89 bits per heavy atom. The molecule has 1 aromatic carbocycles. The summed E-state index contributed by atoms with van der Waals surface area (Å²) in [5.74, 6) is 0.354. The first-order valence-electron chi connectivity index (χ1n) is 12.6. The molecule has 4 fully saturated rings. The quantitative estimate of drug-likeness (QED) is 0.456. The SMILES string of the molecule is O=C(O)CC12CCCC(c3ccc(-c4ccc(Nc5nnc(C6CCC6)o5)cn4)cc3)(CC1)CO2. The van der Waals surface area contributed by atoms with E-state index in [0.29, 0.717) is 24.4 Å². The summed E-state index contributed by atoms with van der Waals surface area (Å²) in [5, 5.41) is 20.7. The van der Waals surface area contributed by atoms with Gasteiger partial charge in [0.15, 0.2) is 0 Å². The lowest BCUT2D eigenvalue weighted by Gasteiger charge is -2.42. The van der Waals surface area contributed by atoms with Crippen LogP contribution in [0.4, 0.5) is 11.7 Å². The first kappa shape index (κ1) is 22.2. The minimum atomic E-state index is -0.770. The number of nitrogens with one attached hydrogen (secondary N) is 1. The second-order valence-corrected chi connectivity index (χ2v) is 10.4. The minimum Gasteiger partial charge on any atom is -0.481 e. The molecule has 4 aliphatic rings. The van der Waals surface area contributed by atoms with Gasteiger partial charge in [-0.15, -0.1) is 5.10 Å². The number of nitrogens with zero attached hydrogens (tertiary/aromatic N) is 3. The monoisotopic (exact) mass is 474 g/mol. The van der Waals surface area contributed by atoms with Crippen LogP contribution in [-0.4, -0.2) is 38.5 Å². The predicted octanol–water partition coefficient (Wildman–Crippen LogP) is 5.59. The van der Waals surface area contributed by atoms with Crippen LogP contribution in [0.5, 0.6) is 0 Å². The Morgan fingerprint density at radius 3 is 2.54 bits per heavy atom. The number of hydrogen-bond acceptors (Lipinski definition) is 7. The normalized spacial score (nSPS) is 26.2. The molecule has 35 heavy (non-hydrogen) atoms. The van der Waals surface area contributed by atoms with Crippen LogP contribution < -0.4 is 5.32 Å². The van der Waals surface area contributed by atoms with Crippen LogP contribution in [0.15, 0.2) is 47.0 Å². The Balaban J connectivity index is 1.13. The van der Waals surface area contributed by atoms with E-state index in [1.807, 2.05) is 12.1 Å². The highest BCUT2D eigenvalue weighted by atomic mass is 16.5. The van der Waals surface area contributed by atoms with Crippen LogP contribution in [-0.2, 0) is 14.9 Å². The number of carbonyl (C=O) groups is 1. The number of aliphatic carboxylic acids is 1. The summed E-state index contributed by atoms with van der Waals surface area (Å²) in [5.41, 5.74) is 3.50. The molecule has 3 aromatic rings. The number of aromatic nitrogens is 3. The van der Waals surface area contributed by atoms with E-state index >= 15 is 0 Å². The molecule has 2 saturated carbocycles. The second kappa shape index (κ2) is 8.75. The first-order valence-corrected chi connectivity index (χ1v) is 12.6. The van der Waals surface area contributed by atoms with E-state index in [4.69, 9.17) is 9.15 Å². The van der Waals surface area contributed by atoms with E-state index in [1.165, 1.54) is 12.0 Å². The zero-order valence-corrected chi connectivity index (χ0v) is 19.7. The number of anilines is 2. The van der Waals surface area contributed by atoms with Gasteiger partial charge in [0.2, 0.25) is 5.89 Å². The predicted molar refractivity (Wildman–Crippen MR) is 130 cm³/mol. The third-order valence-corrected chi connectivity index (χ3v) is 8.18. The molecule has 2 unspecified atom stereocenters. The van der Waals surface area contributed by atoms with E-state index in [-0.39, 0.29) is 11.8 Å². The van der Waals surface area contributed by atoms with Crippen molar-refractivity contribution in [1.82, 2.24) is 15.2 Å². The van der Waals surface area contributed by atoms with Crippen molar-refractivity contribution in [2.24, 2.45) is 0 Å². The Morgan fingerprint density at radius 1 is 1.03 bits per heavy atom. The lowest BCUT2D eigenvalue weighted by atomic mass is 9.72. The lowest BCUT2D eigenvalue weighted by molar-refractivity contribution is -0.152. The van der Waals surface area contributed by atoms with E-state index < -0.39 is 11.6 Å². The standard InChI is InChI=1S/C27H30N4O4/c32-23(33)15-27-12-2-11-26(13-14-27,17-34-27)20-7-5-18(6-8-20)22-10-9-21(16-28-22)29-25-31-30-24(35-25)19-3-1-4-19/h5-10,16,19H,1-4,11-15,17H2,(H,29,31)(H,32,33). The Hall–Kier alpha value is -3.26. The molecule has 4 heterocycles. The van der Waals surface area contributed by atoms with E-state index in [0.717, 1.165) is 61.9 Å². The van der Waals surface area contributed by atoms with Crippen molar-refractivity contribution in [2.45, 2.75) is 74.7 Å². The van der Waals surface area contributed by atoms with Gasteiger partial charge in [0.05, 0.1) is 36.2 Å². The second-order valence-electron chi connectivity index (χ2n) is 10.4. The van der Waals surface area contributed by atoms with Gasteiger partial charge < -0.3 is 19.6 Å². The van der Waals surface area contributed by atoms with Gasteiger partial charge in [0, 0.05) is 16.9 Å². The van der Waals surface area contributed by atoms with Gasteiger partial charge in [0.1, 0.15) is 0 Å². The van der Waals surface area contributed by atoms with Crippen LogP contribution in [0.2, 0.25) is 0 Å². The van der Waals surface area contributed by atoms with Crippen molar-refractivity contribution in [3.05, 3.63) is 54.0 Å². The molecule has 2 aliphatic heterocycles. The minimum absolute atomic E-state index is 0.0271. The molecule has 8 nitrogen and oxygen atoms in total. The lowest BCUT2D eigenvalue weighted by Crippen LogP contribution is -2.44. The maximum Gasteiger partial charge on any atom is 0.320 e. The molecule has 0 amide bonds. The molecule has 2 bridgehead atoms. The highest BCUT2D eigenvalue weighted by molar-refractivity contribution is 5.68. The van der Waals surface area contributed by atoms with Crippen LogP contribution in [0.3, 0.4) is 0 Å². The average molecular weight is 475 g/mol. The van der Waals surface area contributed by atoms with Gasteiger partial charge in [-0.3, -0.25) is 9.78 Å². The number of ether oxygens (including phenoxy) is 1. The fraction of sp³-hybridized carbons (Fsp3) is 0.481. The van der Waals surface area contributed by atoms with Gasteiger partial charge in [-0.2, -0.15) is 0 Å². The smallest absolute Gasteiger partial charge is 0.320 e. The molecule has 2 aromatic heterocycles. The Kier molecular flexibility index (Phi) is 5.56. The molecular formula is C27H30N4O4. The number of benzene rings is 1. The molecule has 0 spiro atoms. The summed E-state index contributed by atoms with van der Waals surface area (Å²) in [6, 6.07) is 12.9. The molecule has 0 radical (unpaired) electrons. The maximum atomic E-state index is 11.3. The van der Waals surface area contributed by atoms with Crippen LogP contribution in [0.25, 0.3) is 11.3 Å². The molecule has 2 saturated heterocycles. The van der Waals surface area contributed by atoms with E-state index in [1.54, 1.807) is 6.20 Å². The van der Waals surface area contributed by atoms with Crippen LogP contribution in [0, 0.1) is 0 Å². The molecular weight excluding hydrogens is 444 g/mol. The fourth-order valence-electron chi connectivity index (χ4n) is 5.78. The topological polar surface area (TPSA) is 110 Å². The highest BCUT2D eigenvalue weighted by Crippen LogP contribution is 2.49. The van der Waals surface area contributed by atoms with E-state index in [2.05, 4.69) is 44.8 Å². The third-order valence-electron chi connectivity index (χ3n) is 8.18. The molecule has 8 heteroatoms. The number of rotatable bonds is 7. The van der Waals surface area contributed by atoms with Crippen molar-refractivity contribution < 1.29 is 19.1 Å². The van der Waals surface area contributed by atoms with E-state index in [9.17, 15) is 9.90 Å². The number of hydrogen-bond donors (Lipinski definition) is 2. The largest absolute Gasteiger partial charge is 0.481 e. The average Bonchev–Trinajstić information content (AvgIpc) is 3.09. The first-order chi connectivity index (χ1) is 17.0. The van der Waals surface area contributed by atoms with Gasteiger partial charge >= 0.3 is 12.0 Å². The van der Waals surface area contributed by atoms with Crippen molar-refractivity contribution in [1.29, 1.82) is 0 Å². The van der Waals surface area contributed by atoms with Gasteiger partial charge in [-0.25, -0.2) is 0 Å². The van der Waals surface area contributed by atoms with Gasteiger partial charge in [-0.1, -0.05) is 35.8 Å². The van der Waals surface area contributed by atoms with Gasteiger partial charge in [0.25, 0.3) is 0 Å². The number of carboxylic acids is 1. The molecule has 2 atom stereocenters. The number of pyridine rings is 1. The van der Waals surface area contributed by atoms with Crippen molar-refractivity contribution >= 4 is 17.7 Å². The third kappa shape index (κ3) is 4.31. The number of fused-ring (bicyclic) bond motifs is 4. The van der Waals surface area contributed by atoms with Crippen LogP contribution in [0.1, 0.15) is 75.2 Å².